The average molecular weight is 532 g/mol. The minimum Gasteiger partial charge on any atom is -0.481 e. The van der Waals surface area contributed by atoms with Gasteiger partial charge in [0.2, 0.25) is 5.95 Å². The van der Waals surface area contributed by atoms with E-state index in [1.807, 2.05) is 0 Å². The Morgan fingerprint density at radius 3 is 2.66 bits per heavy atom. The third-order valence-electron chi connectivity index (χ3n) is 5.09. The zero-order valence-corrected chi connectivity index (χ0v) is 20.0. The molecule has 2 aromatic heterocycles. The number of anilines is 3. The highest BCUT2D eigenvalue weighted by molar-refractivity contribution is 5.95. The molecule has 0 aliphatic carbocycles. The van der Waals surface area contributed by atoms with Gasteiger partial charge >= 0.3 is 12.3 Å². The Labute approximate surface area is 214 Å². The summed E-state index contributed by atoms with van der Waals surface area (Å²) in [6.07, 6.45) is 1.67. The first-order valence-electron chi connectivity index (χ1n) is 11.0. The number of carbonyl (C=O) groups is 2. The highest BCUT2D eigenvalue weighted by Crippen LogP contribution is 2.35. The highest BCUT2D eigenvalue weighted by Gasteiger charge is 2.33. The Hall–Kier alpha value is -4.87. The topological polar surface area (TPSA) is 182 Å². The summed E-state index contributed by atoms with van der Waals surface area (Å²) in [5.74, 6) is -0.186. The van der Waals surface area contributed by atoms with Gasteiger partial charge in [-0.25, -0.2) is 9.97 Å². The number of nitrogens with one attached hydrogen (secondary N) is 1. The number of carbonyl (C=O) groups excluding carboxylic acids is 1. The van der Waals surface area contributed by atoms with Crippen LogP contribution in [0.25, 0.3) is 11.2 Å². The molecule has 15 heteroatoms. The number of benzene rings is 1. The van der Waals surface area contributed by atoms with Gasteiger partial charge < -0.3 is 31.5 Å². The van der Waals surface area contributed by atoms with Crippen molar-refractivity contribution in [2.45, 2.75) is 38.7 Å². The molecule has 1 atom stereocenters. The number of aliphatic carboxylic acids is 1. The van der Waals surface area contributed by atoms with Gasteiger partial charge in [0.15, 0.2) is 22.7 Å². The highest BCUT2D eigenvalue weighted by atomic mass is 19.4. The van der Waals surface area contributed by atoms with Gasteiger partial charge in [0, 0.05) is 18.0 Å². The molecule has 2 heterocycles. The molecule has 0 spiro atoms. The maximum atomic E-state index is 13.3. The first-order valence-corrected chi connectivity index (χ1v) is 11.0. The van der Waals surface area contributed by atoms with E-state index >= 15 is 0 Å². The van der Waals surface area contributed by atoms with Crippen LogP contribution in [0.3, 0.4) is 0 Å². The molecule has 1 amide bonds. The van der Waals surface area contributed by atoms with Crippen LogP contribution in [0.5, 0.6) is 5.75 Å². The Kier molecular flexibility index (Phi) is 8.36. The summed E-state index contributed by atoms with van der Waals surface area (Å²) in [7, 11) is 0. The minimum atomic E-state index is -5.07. The van der Waals surface area contributed by atoms with Gasteiger partial charge in [-0.2, -0.15) is 9.97 Å². The number of fused-ring (bicyclic) bond motifs is 1. The van der Waals surface area contributed by atoms with Crippen LogP contribution in [-0.2, 0) is 11.3 Å². The first kappa shape index (κ1) is 27.7. The van der Waals surface area contributed by atoms with Crippen LogP contribution in [0.4, 0.5) is 30.6 Å². The zero-order chi connectivity index (χ0) is 28.0. The van der Waals surface area contributed by atoms with E-state index in [0.717, 1.165) is 6.07 Å². The van der Waals surface area contributed by atoms with Gasteiger partial charge in [0.25, 0.3) is 5.91 Å². The first-order chi connectivity index (χ1) is 17.9. The van der Waals surface area contributed by atoms with Gasteiger partial charge in [0.1, 0.15) is 0 Å². The maximum absolute atomic E-state index is 13.3. The fraction of sp³-hybridized carbons (Fsp3) is 0.304. The molecule has 0 radical (unpaired) electrons. The Bertz CT molecular complexity index is 1390. The van der Waals surface area contributed by atoms with Gasteiger partial charge in [-0.15, -0.1) is 19.6 Å². The lowest BCUT2D eigenvalue weighted by atomic mass is 10.1. The number of aromatic nitrogens is 4. The van der Waals surface area contributed by atoms with Crippen LogP contribution < -0.4 is 26.4 Å². The fourth-order valence-electron chi connectivity index (χ4n) is 3.43. The van der Waals surface area contributed by atoms with Crippen LogP contribution in [0, 0.1) is 12.3 Å². The lowest BCUT2D eigenvalue weighted by Gasteiger charge is -2.25. The van der Waals surface area contributed by atoms with E-state index in [4.69, 9.17) is 23.0 Å². The number of nitrogens with two attached hydrogens (primary N) is 2. The quantitative estimate of drug-likeness (QED) is 0.281. The number of rotatable bonds is 10. The number of alkyl halides is 3. The third-order valence-corrected chi connectivity index (χ3v) is 5.09. The van der Waals surface area contributed by atoms with E-state index in [1.54, 1.807) is 6.92 Å². The molecular weight excluding hydrogens is 509 g/mol. The Balaban J connectivity index is 1.94. The lowest BCUT2D eigenvalue weighted by Crippen LogP contribution is -2.33. The monoisotopic (exact) mass is 532 g/mol. The van der Waals surface area contributed by atoms with E-state index in [2.05, 4.69) is 35.9 Å². The second-order valence-corrected chi connectivity index (χ2v) is 8.10. The molecule has 1 unspecified atom stereocenters. The summed E-state index contributed by atoms with van der Waals surface area (Å²) in [4.78, 5) is 40.9. The molecular formula is C23H23F3N8O4. The standard InChI is InChI=1S/C23H23F3N8O4/c1-3-8-34(11-14-10-29-20-18(31-14)19(27)32-22(28)33-20)15-6-5-13(9-16(15)38-23(24,25)26)21(37)30-12(2)4-7-17(35)36/h1,5-6,9-10,12H,4,7-8,11H2,2H3,(H,30,37)(H,35,36)(H4,27,28,29,32,33). The molecule has 0 fully saturated rings. The number of halogens is 3. The van der Waals surface area contributed by atoms with Crippen LogP contribution in [0.2, 0.25) is 0 Å². The summed E-state index contributed by atoms with van der Waals surface area (Å²) in [6, 6.07) is 2.93. The Morgan fingerprint density at radius 2 is 2.00 bits per heavy atom. The molecule has 3 rings (SSSR count). The molecule has 0 saturated carbocycles. The number of hydrogen-bond acceptors (Lipinski definition) is 10. The molecule has 0 aliphatic rings. The normalized spacial score (nSPS) is 12.0. The number of carboxylic acids is 1. The molecule has 12 nitrogen and oxygen atoms in total. The van der Waals surface area contributed by atoms with Gasteiger partial charge in [-0.3, -0.25) is 9.59 Å². The van der Waals surface area contributed by atoms with Crippen molar-refractivity contribution in [1.82, 2.24) is 25.3 Å². The fourth-order valence-corrected chi connectivity index (χ4v) is 3.43. The predicted octanol–water partition coefficient (Wildman–Crippen LogP) is 2.11. The Morgan fingerprint density at radius 1 is 1.26 bits per heavy atom. The molecule has 3 aromatic rings. The van der Waals surface area contributed by atoms with Gasteiger partial charge in [-0.05, 0) is 31.5 Å². The van der Waals surface area contributed by atoms with Crippen molar-refractivity contribution in [3.63, 3.8) is 0 Å². The number of nitrogens with zero attached hydrogens (tertiary/aromatic N) is 5. The van der Waals surface area contributed by atoms with Crippen molar-refractivity contribution in [2.75, 3.05) is 22.9 Å². The van der Waals surface area contributed by atoms with Crippen molar-refractivity contribution >= 4 is 40.5 Å². The summed E-state index contributed by atoms with van der Waals surface area (Å²) in [6.45, 7) is 1.32. The van der Waals surface area contributed by atoms with Crippen LogP contribution in [0.1, 0.15) is 35.8 Å². The molecule has 0 aliphatic heterocycles. The second-order valence-electron chi connectivity index (χ2n) is 8.10. The van der Waals surface area contributed by atoms with E-state index in [-0.39, 0.29) is 65.8 Å². The number of carboxylic acid groups (broad SMARTS) is 1. The van der Waals surface area contributed by atoms with Gasteiger partial charge in [0.05, 0.1) is 30.7 Å². The van der Waals surface area contributed by atoms with E-state index < -0.39 is 30.0 Å². The van der Waals surface area contributed by atoms with Crippen LogP contribution in [-0.4, -0.2) is 55.9 Å². The summed E-state index contributed by atoms with van der Waals surface area (Å²) in [5.41, 5.74) is 11.8. The predicted molar refractivity (Wildman–Crippen MR) is 131 cm³/mol. The number of nitrogen functional groups attached to an aromatic ring is 2. The molecule has 0 saturated heterocycles. The molecule has 6 N–H and O–H groups in total. The number of hydrogen-bond donors (Lipinski definition) is 4. The number of ether oxygens (including phenoxy) is 1. The smallest absolute Gasteiger partial charge is 0.481 e. The molecule has 0 bridgehead atoms. The third kappa shape index (κ3) is 7.32. The van der Waals surface area contributed by atoms with Crippen LogP contribution in [0.15, 0.2) is 24.4 Å². The van der Waals surface area contributed by atoms with Crippen molar-refractivity contribution in [3.05, 3.63) is 35.7 Å². The van der Waals surface area contributed by atoms with Crippen molar-refractivity contribution < 1.29 is 32.6 Å². The summed E-state index contributed by atoms with van der Waals surface area (Å²) >= 11 is 0. The van der Waals surface area contributed by atoms with E-state index in [0.29, 0.717) is 0 Å². The van der Waals surface area contributed by atoms with E-state index in [9.17, 15) is 22.8 Å². The largest absolute Gasteiger partial charge is 0.573 e. The number of amides is 1. The minimum absolute atomic E-state index is 0.0283. The summed E-state index contributed by atoms with van der Waals surface area (Å²) < 4.78 is 44.0. The molecule has 200 valence electrons. The van der Waals surface area contributed by atoms with Crippen molar-refractivity contribution in [2.24, 2.45) is 0 Å². The van der Waals surface area contributed by atoms with Crippen LogP contribution >= 0.6 is 0 Å². The van der Waals surface area contributed by atoms with Crippen molar-refractivity contribution in [1.29, 1.82) is 0 Å². The maximum Gasteiger partial charge on any atom is 0.573 e. The molecule has 38 heavy (non-hydrogen) atoms. The molecule has 1 aromatic carbocycles. The van der Waals surface area contributed by atoms with E-state index in [1.165, 1.54) is 23.2 Å². The second kappa shape index (κ2) is 11.5. The SMILES string of the molecule is C#CCN(Cc1cnc2nc(N)nc(N)c2n1)c1ccc(C(=O)NC(C)CCC(=O)O)cc1OC(F)(F)F. The zero-order valence-electron chi connectivity index (χ0n) is 20.0. The lowest BCUT2D eigenvalue weighted by molar-refractivity contribution is -0.274. The van der Waals surface area contributed by atoms with Gasteiger partial charge in [-0.1, -0.05) is 5.92 Å². The average Bonchev–Trinajstić information content (AvgIpc) is 2.81. The van der Waals surface area contributed by atoms with Crippen molar-refractivity contribution in [3.8, 4) is 18.1 Å². The number of terminal acetylenes is 1. The summed E-state index contributed by atoms with van der Waals surface area (Å²) in [5, 5.41) is 11.3.